The second-order valence-corrected chi connectivity index (χ2v) is 3.50. The van der Waals surface area contributed by atoms with Crippen molar-refractivity contribution in [2.75, 3.05) is 20.1 Å². The molecule has 0 aromatic heterocycles. The predicted octanol–water partition coefficient (Wildman–Crippen LogP) is 0.429. The van der Waals surface area contributed by atoms with Gasteiger partial charge < -0.3 is 10.6 Å². The van der Waals surface area contributed by atoms with Gasteiger partial charge in [0.25, 0.3) is 0 Å². The minimum absolute atomic E-state index is 0.0764. The fourth-order valence-corrected chi connectivity index (χ4v) is 1.53. The van der Waals surface area contributed by atoms with Gasteiger partial charge in [0, 0.05) is 12.1 Å². The topological polar surface area (TPSA) is 29.3 Å². The van der Waals surface area contributed by atoms with E-state index in [1.165, 1.54) is 19.4 Å². The summed E-state index contributed by atoms with van der Waals surface area (Å²) in [4.78, 5) is 2.30. The van der Waals surface area contributed by atoms with E-state index < -0.39 is 0 Å². The number of nitrogens with two attached hydrogens (primary N) is 1. The largest absolute Gasteiger partial charge is 0.324 e. The Morgan fingerprint density at radius 3 is 2.56 bits per heavy atom. The quantitative estimate of drug-likeness (QED) is 0.512. The summed E-state index contributed by atoms with van der Waals surface area (Å²) in [6.45, 7) is 4.39. The molecule has 9 heavy (non-hydrogen) atoms. The summed E-state index contributed by atoms with van der Waals surface area (Å²) in [6.07, 6.45) is 2.43. The summed E-state index contributed by atoms with van der Waals surface area (Å²) < 4.78 is 0. The van der Waals surface area contributed by atoms with E-state index in [1.54, 1.807) is 0 Å². The lowest BCUT2D eigenvalue weighted by atomic mass is 9.93. The first-order valence-corrected chi connectivity index (χ1v) is 3.58. The highest BCUT2D eigenvalue weighted by atomic mass is 15.1. The molecular weight excluding hydrogens is 112 g/mol. The molecule has 1 rings (SSSR count). The number of likely N-dealkylation sites (tertiary alicyclic amines) is 1. The van der Waals surface area contributed by atoms with E-state index in [9.17, 15) is 0 Å². The third-order valence-corrected chi connectivity index (χ3v) is 1.92. The minimum Gasteiger partial charge on any atom is -0.324 e. The fourth-order valence-electron chi connectivity index (χ4n) is 1.53. The SMILES string of the molecule is CN1CCCC(C)(N)C1. The first kappa shape index (κ1) is 7.03. The number of piperidine rings is 1. The lowest BCUT2D eigenvalue weighted by molar-refractivity contribution is 0.192. The van der Waals surface area contributed by atoms with E-state index in [0.29, 0.717) is 0 Å². The van der Waals surface area contributed by atoms with Crippen molar-refractivity contribution in [1.29, 1.82) is 0 Å². The Morgan fingerprint density at radius 2 is 2.22 bits per heavy atom. The molecule has 1 fully saturated rings. The normalized spacial score (nSPS) is 39.0. The fraction of sp³-hybridized carbons (Fsp3) is 1.00. The number of nitrogens with zero attached hydrogens (tertiary/aromatic N) is 1. The second kappa shape index (κ2) is 2.27. The van der Waals surface area contributed by atoms with Gasteiger partial charge in [0.05, 0.1) is 0 Å². The Kier molecular flexibility index (Phi) is 1.78. The van der Waals surface area contributed by atoms with Gasteiger partial charge in [-0.1, -0.05) is 0 Å². The van der Waals surface area contributed by atoms with E-state index in [2.05, 4.69) is 18.9 Å². The lowest BCUT2D eigenvalue weighted by Gasteiger charge is -2.35. The zero-order valence-electron chi connectivity index (χ0n) is 6.35. The van der Waals surface area contributed by atoms with Crippen molar-refractivity contribution in [2.24, 2.45) is 5.73 Å². The van der Waals surface area contributed by atoms with Crippen molar-refractivity contribution in [3.05, 3.63) is 0 Å². The van der Waals surface area contributed by atoms with Gasteiger partial charge in [-0.15, -0.1) is 0 Å². The van der Waals surface area contributed by atoms with Gasteiger partial charge in [-0.05, 0) is 33.4 Å². The van der Waals surface area contributed by atoms with E-state index in [0.717, 1.165) is 6.54 Å². The molecule has 0 spiro atoms. The third-order valence-electron chi connectivity index (χ3n) is 1.92. The van der Waals surface area contributed by atoms with E-state index >= 15 is 0 Å². The molecule has 2 heteroatoms. The van der Waals surface area contributed by atoms with Crippen LogP contribution in [0.3, 0.4) is 0 Å². The molecule has 0 bridgehead atoms. The zero-order valence-corrected chi connectivity index (χ0v) is 6.35. The van der Waals surface area contributed by atoms with Crippen LogP contribution in [0.5, 0.6) is 0 Å². The molecule has 1 aliphatic heterocycles. The molecule has 1 aliphatic rings. The number of rotatable bonds is 0. The Labute approximate surface area is 57.0 Å². The molecule has 1 saturated heterocycles. The molecule has 0 saturated carbocycles. The highest BCUT2D eigenvalue weighted by Gasteiger charge is 2.23. The monoisotopic (exact) mass is 128 g/mol. The molecular formula is C7H16N2. The highest BCUT2D eigenvalue weighted by Crippen LogP contribution is 2.15. The minimum atomic E-state index is 0.0764. The van der Waals surface area contributed by atoms with Gasteiger partial charge in [-0.2, -0.15) is 0 Å². The van der Waals surface area contributed by atoms with Crippen LogP contribution < -0.4 is 5.73 Å². The summed E-state index contributed by atoms with van der Waals surface area (Å²) >= 11 is 0. The first-order chi connectivity index (χ1) is 4.10. The van der Waals surface area contributed by atoms with Crippen LogP contribution in [0.2, 0.25) is 0 Å². The number of hydrogen-bond acceptors (Lipinski definition) is 2. The van der Waals surface area contributed by atoms with Crippen molar-refractivity contribution in [1.82, 2.24) is 4.90 Å². The summed E-state index contributed by atoms with van der Waals surface area (Å²) in [5.74, 6) is 0. The zero-order chi connectivity index (χ0) is 6.91. The average molecular weight is 128 g/mol. The Morgan fingerprint density at radius 1 is 1.56 bits per heavy atom. The molecule has 1 atom stereocenters. The van der Waals surface area contributed by atoms with Crippen LogP contribution in [0.15, 0.2) is 0 Å². The van der Waals surface area contributed by atoms with Crippen LogP contribution in [-0.2, 0) is 0 Å². The Hall–Kier alpha value is -0.0800. The maximum Gasteiger partial charge on any atom is 0.0255 e. The maximum absolute atomic E-state index is 5.93. The first-order valence-electron chi connectivity index (χ1n) is 3.58. The molecule has 0 aliphatic carbocycles. The van der Waals surface area contributed by atoms with Crippen molar-refractivity contribution < 1.29 is 0 Å². The van der Waals surface area contributed by atoms with E-state index in [4.69, 9.17) is 5.73 Å². The van der Waals surface area contributed by atoms with Crippen LogP contribution in [0.25, 0.3) is 0 Å². The van der Waals surface area contributed by atoms with Crippen LogP contribution >= 0.6 is 0 Å². The number of likely N-dealkylation sites (N-methyl/N-ethyl adjacent to an activating group) is 1. The van der Waals surface area contributed by atoms with Gasteiger partial charge in [0.15, 0.2) is 0 Å². The van der Waals surface area contributed by atoms with Gasteiger partial charge in [0.1, 0.15) is 0 Å². The van der Waals surface area contributed by atoms with Crippen molar-refractivity contribution >= 4 is 0 Å². The van der Waals surface area contributed by atoms with E-state index in [1.807, 2.05) is 0 Å². The molecule has 2 N–H and O–H groups in total. The van der Waals surface area contributed by atoms with Gasteiger partial charge in [-0.25, -0.2) is 0 Å². The Balaban J connectivity index is 2.41. The third kappa shape index (κ3) is 1.95. The van der Waals surface area contributed by atoms with E-state index in [-0.39, 0.29) is 5.54 Å². The summed E-state index contributed by atoms with van der Waals surface area (Å²) in [6, 6.07) is 0. The molecule has 0 aromatic carbocycles. The van der Waals surface area contributed by atoms with Crippen molar-refractivity contribution in [3.63, 3.8) is 0 Å². The maximum atomic E-state index is 5.93. The van der Waals surface area contributed by atoms with Crippen LogP contribution in [0.1, 0.15) is 19.8 Å². The van der Waals surface area contributed by atoms with Crippen molar-refractivity contribution in [3.8, 4) is 0 Å². The van der Waals surface area contributed by atoms with Gasteiger partial charge in [0.2, 0.25) is 0 Å². The van der Waals surface area contributed by atoms with Crippen LogP contribution in [-0.4, -0.2) is 30.6 Å². The van der Waals surface area contributed by atoms with Crippen LogP contribution in [0.4, 0.5) is 0 Å². The summed E-state index contributed by atoms with van der Waals surface area (Å²) in [5, 5.41) is 0. The Bertz CT molecular complexity index is 99.1. The highest BCUT2D eigenvalue weighted by molar-refractivity contribution is 4.85. The van der Waals surface area contributed by atoms with Crippen LogP contribution in [0, 0.1) is 0 Å². The molecule has 54 valence electrons. The summed E-state index contributed by atoms with van der Waals surface area (Å²) in [5.41, 5.74) is 6.00. The van der Waals surface area contributed by atoms with Gasteiger partial charge in [-0.3, -0.25) is 0 Å². The average Bonchev–Trinajstić information content (AvgIpc) is 1.60. The molecule has 0 radical (unpaired) electrons. The lowest BCUT2D eigenvalue weighted by Crippen LogP contribution is -2.50. The molecule has 2 nitrogen and oxygen atoms in total. The molecule has 0 aromatic rings. The molecule has 0 amide bonds. The van der Waals surface area contributed by atoms with Crippen molar-refractivity contribution in [2.45, 2.75) is 25.3 Å². The molecule has 1 unspecified atom stereocenters. The van der Waals surface area contributed by atoms with Gasteiger partial charge >= 0.3 is 0 Å². The molecule has 1 heterocycles. The number of hydrogen-bond donors (Lipinski definition) is 1. The summed E-state index contributed by atoms with van der Waals surface area (Å²) in [7, 11) is 2.13. The second-order valence-electron chi connectivity index (χ2n) is 3.50. The predicted molar refractivity (Wildman–Crippen MR) is 39.3 cm³/mol. The standard InChI is InChI=1S/C7H16N2/c1-7(8)4-3-5-9(2)6-7/h3-6,8H2,1-2H3. The smallest absolute Gasteiger partial charge is 0.0255 e.